The number of amides is 2. The van der Waals surface area contributed by atoms with Crippen molar-refractivity contribution in [3.63, 3.8) is 0 Å². The Morgan fingerprint density at radius 3 is 2.81 bits per heavy atom. The molecule has 2 heterocycles. The van der Waals surface area contributed by atoms with Gasteiger partial charge in [-0.25, -0.2) is 9.37 Å². The molecule has 2 amide bonds. The van der Waals surface area contributed by atoms with Crippen molar-refractivity contribution in [3.8, 4) is 0 Å². The molecule has 0 aliphatic carbocycles. The van der Waals surface area contributed by atoms with Gasteiger partial charge in [-0.2, -0.15) is 0 Å². The number of imidazole rings is 1. The summed E-state index contributed by atoms with van der Waals surface area (Å²) in [4.78, 5) is 35.0. The van der Waals surface area contributed by atoms with Crippen molar-refractivity contribution in [2.45, 2.75) is 38.6 Å². The SMILES string of the molecule is CCCC(NC(=O)c1cc(F)cc2[nH]cnc12)C(=O)Nc1cccc(N2CCCC2)c1. The van der Waals surface area contributed by atoms with E-state index in [0.717, 1.165) is 24.8 Å². The van der Waals surface area contributed by atoms with Crippen molar-refractivity contribution in [2.24, 2.45) is 0 Å². The van der Waals surface area contributed by atoms with E-state index in [0.29, 0.717) is 29.6 Å². The Labute approximate surface area is 180 Å². The molecule has 3 N–H and O–H groups in total. The van der Waals surface area contributed by atoms with Crippen LogP contribution >= 0.6 is 0 Å². The Bertz CT molecular complexity index is 1090. The molecule has 1 fully saturated rings. The van der Waals surface area contributed by atoms with Gasteiger partial charge in [0.25, 0.3) is 5.91 Å². The van der Waals surface area contributed by atoms with E-state index in [-0.39, 0.29) is 11.5 Å². The molecule has 1 atom stereocenters. The average Bonchev–Trinajstić information content (AvgIpc) is 3.45. The molecule has 8 heteroatoms. The van der Waals surface area contributed by atoms with E-state index >= 15 is 0 Å². The number of hydrogen-bond acceptors (Lipinski definition) is 4. The number of H-pyrrole nitrogens is 1. The summed E-state index contributed by atoms with van der Waals surface area (Å²) in [6, 6.07) is 9.41. The molecule has 162 valence electrons. The third-order valence-electron chi connectivity index (χ3n) is 5.52. The number of aromatic nitrogens is 2. The highest BCUT2D eigenvalue weighted by Crippen LogP contribution is 2.24. The van der Waals surface area contributed by atoms with Crippen molar-refractivity contribution < 1.29 is 14.0 Å². The topological polar surface area (TPSA) is 90.1 Å². The Balaban J connectivity index is 1.49. The number of nitrogens with zero attached hydrogens (tertiary/aromatic N) is 2. The molecular formula is C23H26FN5O2. The fourth-order valence-electron chi connectivity index (χ4n) is 3.97. The summed E-state index contributed by atoms with van der Waals surface area (Å²) in [5.74, 6) is -1.38. The minimum atomic E-state index is -0.745. The Morgan fingerprint density at radius 2 is 2.03 bits per heavy atom. The fraction of sp³-hybridized carbons (Fsp3) is 0.348. The first-order valence-electron chi connectivity index (χ1n) is 10.6. The molecule has 7 nitrogen and oxygen atoms in total. The summed E-state index contributed by atoms with van der Waals surface area (Å²) in [6.45, 7) is 3.97. The quantitative estimate of drug-likeness (QED) is 0.539. The van der Waals surface area contributed by atoms with Crippen LogP contribution < -0.4 is 15.5 Å². The summed E-state index contributed by atoms with van der Waals surface area (Å²) in [5.41, 5.74) is 2.66. The first-order chi connectivity index (χ1) is 15.0. The van der Waals surface area contributed by atoms with Crippen LogP contribution in [0.3, 0.4) is 0 Å². The molecule has 1 aliphatic heterocycles. The maximum Gasteiger partial charge on any atom is 0.254 e. The summed E-state index contributed by atoms with van der Waals surface area (Å²) < 4.78 is 13.9. The lowest BCUT2D eigenvalue weighted by Gasteiger charge is -2.20. The number of rotatable bonds is 7. The minimum Gasteiger partial charge on any atom is -0.371 e. The Kier molecular flexibility index (Phi) is 6.16. The number of nitrogens with one attached hydrogen (secondary N) is 3. The van der Waals surface area contributed by atoms with Gasteiger partial charge in [-0.3, -0.25) is 9.59 Å². The third-order valence-corrected chi connectivity index (χ3v) is 5.52. The second-order valence-corrected chi connectivity index (χ2v) is 7.80. The number of benzene rings is 2. The van der Waals surface area contributed by atoms with Crippen LogP contribution in [0.15, 0.2) is 42.7 Å². The van der Waals surface area contributed by atoms with Gasteiger partial charge in [-0.05, 0) is 49.6 Å². The number of fused-ring (bicyclic) bond motifs is 1. The van der Waals surface area contributed by atoms with Crippen LogP contribution in [0.2, 0.25) is 0 Å². The highest BCUT2D eigenvalue weighted by atomic mass is 19.1. The Hall–Kier alpha value is -3.42. The van der Waals surface area contributed by atoms with Crippen molar-refractivity contribution in [2.75, 3.05) is 23.3 Å². The summed E-state index contributed by atoms with van der Waals surface area (Å²) >= 11 is 0. The molecular weight excluding hydrogens is 397 g/mol. The van der Waals surface area contributed by atoms with Crippen molar-refractivity contribution >= 4 is 34.2 Å². The monoisotopic (exact) mass is 423 g/mol. The number of carbonyl (C=O) groups excluding carboxylic acids is 2. The van der Waals surface area contributed by atoms with Crippen LogP contribution in [0.4, 0.5) is 15.8 Å². The van der Waals surface area contributed by atoms with Gasteiger partial charge in [-0.1, -0.05) is 19.4 Å². The normalized spacial score (nSPS) is 14.6. The van der Waals surface area contributed by atoms with Gasteiger partial charge in [-0.15, -0.1) is 0 Å². The van der Waals surface area contributed by atoms with Gasteiger partial charge < -0.3 is 20.5 Å². The lowest BCUT2D eigenvalue weighted by Crippen LogP contribution is -2.43. The predicted molar refractivity (Wildman–Crippen MR) is 119 cm³/mol. The molecule has 2 aromatic carbocycles. The van der Waals surface area contributed by atoms with Crippen LogP contribution in [-0.4, -0.2) is 40.9 Å². The lowest BCUT2D eigenvalue weighted by molar-refractivity contribution is -0.118. The van der Waals surface area contributed by atoms with Gasteiger partial charge >= 0.3 is 0 Å². The molecule has 3 aromatic rings. The highest BCUT2D eigenvalue weighted by molar-refractivity contribution is 6.07. The van der Waals surface area contributed by atoms with Gasteiger partial charge in [0.15, 0.2) is 0 Å². The molecule has 31 heavy (non-hydrogen) atoms. The van der Waals surface area contributed by atoms with Gasteiger partial charge in [0.05, 0.1) is 17.4 Å². The number of anilines is 2. The Morgan fingerprint density at radius 1 is 1.23 bits per heavy atom. The second-order valence-electron chi connectivity index (χ2n) is 7.80. The van der Waals surface area contributed by atoms with E-state index in [1.807, 2.05) is 31.2 Å². The van der Waals surface area contributed by atoms with Crippen molar-refractivity contribution in [1.82, 2.24) is 15.3 Å². The van der Waals surface area contributed by atoms with Crippen LogP contribution in [0, 0.1) is 5.82 Å². The van der Waals surface area contributed by atoms with Crippen LogP contribution in [-0.2, 0) is 4.79 Å². The second kappa shape index (κ2) is 9.16. The molecule has 0 saturated carbocycles. The molecule has 0 bridgehead atoms. The third kappa shape index (κ3) is 4.68. The van der Waals surface area contributed by atoms with Crippen LogP contribution in [0.25, 0.3) is 11.0 Å². The molecule has 1 aromatic heterocycles. The summed E-state index contributed by atoms with van der Waals surface area (Å²) in [7, 11) is 0. The first-order valence-corrected chi connectivity index (χ1v) is 10.6. The summed E-state index contributed by atoms with van der Waals surface area (Å²) in [6.07, 6.45) is 4.91. The zero-order valence-electron chi connectivity index (χ0n) is 17.5. The van der Waals surface area contributed by atoms with E-state index < -0.39 is 17.8 Å². The van der Waals surface area contributed by atoms with E-state index in [4.69, 9.17) is 0 Å². The standard InChI is InChI=1S/C23H26FN5O2/c1-2-6-19(28-22(30)18-11-15(24)12-20-21(18)26-14-25-20)23(31)27-16-7-5-8-17(13-16)29-9-3-4-10-29/h5,7-8,11-14,19H,2-4,6,9-10H2,1H3,(H,25,26)(H,27,31)(H,28,30). The molecule has 1 unspecified atom stereocenters. The lowest BCUT2D eigenvalue weighted by atomic mass is 10.1. The fourth-order valence-corrected chi connectivity index (χ4v) is 3.97. The van der Waals surface area contributed by atoms with Gasteiger partial charge in [0, 0.05) is 24.5 Å². The predicted octanol–water partition coefficient (Wildman–Crippen LogP) is 3.84. The summed E-state index contributed by atoms with van der Waals surface area (Å²) in [5, 5.41) is 5.67. The van der Waals surface area contributed by atoms with Crippen LogP contribution in [0.1, 0.15) is 43.0 Å². The number of aromatic amines is 1. The highest BCUT2D eigenvalue weighted by Gasteiger charge is 2.23. The molecule has 1 saturated heterocycles. The molecule has 0 spiro atoms. The van der Waals surface area contributed by atoms with Crippen molar-refractivity contribution in [3.05, 3.63) is 54.1 Å². The van der Waals surface area contributed by atoms with E-state index in [1.165, 1.54) is 25.2 Å². The van der Waals surface area contributed by atoms with Crippen LogP contribution in [0.5, 0.6) is 0 Å². The van der Waals surface area contributed by atoms with E-state index in [2.05, 4.69) is 25.5 Å². The van der Waals surface area contributed by atoms with E-state index in [1.54, 1.807) is 0 Å². The number of carbonyl (C=O) groups is 2. The zero-order valence-corrected chi connectivity index (χ0v) is 17.5. The molecule has 1 aliphatic rings. The van der Waals surface area contributed by atoms with Gasteiger partial charge in [0.2, 0.25) is 5.91 Å². The van der Waals surface area contributed by atoms with Gasteiger partial charge in [0.1, 0.15) is 17.4 Å². The minimum absolute atomic E-state index is 0.0983. The average molecular weight is 423 g/mol. The smallest absolute Gasteiger partial charge is 0.254 e. The maximum atomic E-state index is 13.9. The maximum absolute atomic E-state index is 13.9. The van der Waals surface area contributed by atoms with E-state index in [9.17, 15) is 14.0 Å². The largest absolute Gasteiger partial charge is 0.371 e. The number of hydrogen-bond donors (Lipinski definition) is 3. The number of halogens is 1. The molecule has 4 rings (SSSR count). The first kappa shape index (κ1) is 20.8. The molecule has 0 radical (unpaired) electrons. The van der Waals surface area contributed by atoms with Crippen molar-refractivity contribution in [1.29, 1.82) is 0 Å². The zero-order chi connectivity index (χ0) is 21.8.